The topological polar surface area (TPSA) is 128 Å². The van der Waals surface area contributed by atoms with Gasteiger partial charge in [0.15, 0.2) is 5.69 Å². The number of aromatic nitrogens is 6. The number of nitrogens with one attached hydrogen (secondary N) is 2. The van der Waals surface area contributed by atoms with Gasteiger partial charge in [0.05, 0.1) is 30.5 Å². The number of carbonyl (C=O) groups is 2. The zero-order chi connectivity index (χ0) is 24.0. The summed E-state index contributed by atoms with van der Waals surface area (Å²) in [5.74, 6) is -0.994. The average Bonchev–Trinajstić information content (AvgIpc) is 3.45. The number of halogens is 4. The molecule has 0 aliphatic carbocycles. The van der Waals surface area contributed by atoms with Crippen LogP contribution in [0.15, 0.2) is 24.5 Å². The first-order valence-electron chi connectivity index (χ1n) is 9.54. The molecule has 10 nitrogen and oxygen atoms in total. The van der Waals surface area contributed by atoms with Crippen LogP contribution in [0.25, 0.3) is 0 Å². The molecule has 3 heterocycles. The van der Waals surface area contributed by atoms with Crippen molar-refractivity contribution in [3.05, 3.63) is 51.5 Å². The van der Waals surface area contributed by atoms with Gasteiger partial charge in [0.1, 0.15) is 11.2 Å². The Hall–Kier alpha value is -3.49. The second-order valence-corrected chi connectivity index (χ2v) is 7.82. The number of rotatable bonds is 9. The van der Waals surface area contributed by atoms with E-state index in [1.54, 1.807) is 0 Å². The van der Waals surface area contributed by atoms with E-state index in [2.05, 4.69) is 36.1 Å². The van der Waals surface area contributed by atoms with Crippen molar-refractivity contribution in [2.24, 2.45) is 0 Å². The van der Waals surface area contributed by atoms with Gasteiger partial charge in [0.2, 0.25) is 5.01 Å². The summed E-state index contributed by atoms with van der Waals surface area (Å²) >= 11 is 0.983. The Kier molecular flexibility index (Phi) is 7.63. The second-order valence-electron chi connectivity index (χ2n) is 6.76. The van der Waals surface area contributed by atoms with Gasteiger partial charge in [-0.2, -0.15) is 13.2 Å². The lowest BCUT2D eigenvalue weighted by atomic mass is 10.2. The zero-order valence-electron chi connectivity index (χ0n) is 17.1. The fourth-order valence-electron chi connectivity index (χ4n) is 2.58. The molecule has 3 aromatic rings. The Morgan fingerprint density at radius 2 is 1.97 bits per heavy atom. The largest absolute Gasteiger partial charge is 0.417 e. The Labute approximate surface area is 188 Å². The van der Waals surface area contributed by atoms with Crippen molar-refractivity contribution in [2.75, 3.05) is 7.05 Å². The maximum Gasteiger partial charge on any atom is 0.417 e. The van der Waals surface area contributed by atoms with Crippen molar-refractivity contribution < 1.29 is 27.2 Å². The van der Waals surface area contributed by atoms with Crippen molar-refractivity contribution in [3.8, 4) is 0 Å². The van der Waals surface area contributed by atoms with E-state index in [4.69, 9.17) is 0 Å². The van der Waals surface area contributed by atoms with E-state index in [0.717, 1.165) is 17.4 Å². The minimum Gasteiger partial charge on any atom is -0.354 e. The minimum atomic E-state index is -4.49. The van der Waals surface area contributed by atoms with Crippen LogP contribution < -0.4 is 10.6 Å². The lowest BCUT2D eigenvalue weighted by Gasteiger charge is -2.07. The highest BCUT2D eigenvalue weighted by Crippen LogP contribution is 2.28. The predicted octanol–water partition coefficient (Wildman–Crippen LogP) is 1.80. The molecule has 0 aromatic carbocycles. The molecule has 0 aliphatic rings. The maximum absolute atomic E-state index is 14.3. The summed E-state index contributed by atoms with van der Waals surface area (Å²) < 4.78 is 53.1. The van der Waals surface area contributed by atoms with E-state index in [1.165, 1.54) is 24.0 Å². The molecule has 2 N–H and O–H groups in total. The molecule has 1 atom stereocenters. The van der Waals surface area contributed by atoms with Gasteiger partial charge >= 0.3 is 6.18 Å². The van der Waals surface area contributed by atoms with Crippen molar-refractivity contribution in [1.82, 2.24) is 40.8 Å². The fourth-order valence-corrected chi connectivity index (χ4v) is 3.35. The van der Waals surface area contributed by atoms with Crippen molar-refractivity contribution in [3.63, 3.8) is 0 Å². The van der Waals surface area contributed by atoms with E-state index in [0.29, 0.717) is 11.2 Å². The molecule has 176 valence electrons. The Balaban J connectivity index is 1.45. The van der Waals surface area contributed by atoms with E-state index < -0.39 is 29.7 Å². The summed E-state index contributed by atoms with van der Waals surface area (Å²) in [7, 11) is 1.45. The summed E-state index contributed by atoms with van der Waals surface area (Å²) in [4.78, 5) is 27.3. The number of hydrogen-bond donors (Lipinski definition) is 2. The van der Waals surface area contributed by atoms with Gasteiger partial charge in [-0.3, -0.25) is 14.6 Å². The molecule has 0 radical (unpaired) electrons. The van der Waals surface area contributed by atoms with Crippen LogP contribution in [0.3, 0.4) is 0 Å². The number of amides is 2. The maximum atomic E-state index is 14.3. The molecule has 2 amide bonds. The third kappa shape index (κ3) is 6.74. The van der Waals surface area contributed by atoms with Gasteiger partial charge in [-0.05, 0) is 18.6 Å². The summed E-state index contributed by atoms with van der Waals surface area (Å²) in [6.45, 7) is -0.190. The predicted molar refractivity (Wildman–Crippen MR) is 107 cm³/mol. The minimum absolute atomic E-state index is 0.0406. The Morgan fingerprint density at radius 3 is 2.64 bits per heavy atom. The number of aryl methyl sites for hydroxylation is 1. The van der Waals surface area contributed by atoms with Crippen LogP contribution in [0, 0.1) is 0 Å². The number of carbonyl (C=O) groups excluding carboxylic acids is 2. The van der Waals surface area contributed by atoms with Gasteiger partial charge < -0.3 is 10.6 Å². The molecule has 15 heteroatoms. The normalized spacial score (nSPS) is 12.4. The molecular weight excluding hydrogens is 468 g/mol. The first-order valence-corrected chi connectivity index (χ1v) is 10.4. The first-order chi connectivity index (χ1) is 15.7. The van der Waals surface area contributed by atoms with E-state index >= 15 is 0 Å². The highest BCUT2D eigenvalue weighted by atomic mass is 32.1. The van der Waals surface area contributed by atoms with Crippen molar-refractivity contribution in [1.29, 1.82) is 0 Å². The van der Waals surface area contributed by atoms with Crippen LogP contribution in [0.2, 0.25) is 0 Å². The van der Waals surface area contributed by atoms with Crippen molar-refractivity contribution in [2.45, 2.75) is 38.3 Å². The second kappa shape index (κ2) is 10.4. The highest BCUT2D eigenvalue weighted by molar-refractivity contribution is 7.13. The summed E-state index contributed by atoms with van der Waals surface area (Å²) in [5, 5.41) is 20.3. The van der Waals surface area contributed by atoms with Gasteiger partial charge in [0.25, 0.3) is 11.8 Å². The summed E-state index contributed by atoms with van der Waals surface area (Å²) in [6.07, 6.45) is -3.44. The summed E-state index contributed by atoms with van der Waals surface area (Å²) in [5.41, 5.74) is -0.557. The highest BCUT2D eigenvalue weighted by Gasteiger charge is 2.30. The number of pyridine rings is 1. The molecule has 3 rings (SSSR count). The van der Waals surface area contributed by atoms with Crippen LogP contribution in [-0.4, -0.2) is 55.2 Å². The number of hydrogen-bond acceptors (Lipinski definition) is 8. The van der Waals surface area contributed by atoms with Gasteiger partial charge in [-0.1, -0.05) is 16.6 Å². The Morgan fingerprint density at radius 1 is 1.18 bits per heavy atom. The molecule has 33 heavy (non-hydrogen) atoms. The van der Waals surface area contributed by atoms with Crippen LogP contribution in [0.1, 0.15) is 43.0 Å². The molecule has 3 aromatic heterocycles. The molecule has 0 fully saturated rings. The third-order valence-corrected chi connectivity index (χ3v) is 5.28. The van der Waals surface area contributed by atoms with E-state index in [9.17, 15) is 27.2 Å². The van der Waals surface area contributed by atoms with Crippen LogP contribution in [-0.2, 0) is 25.7 Å². The van der Waals surface area contributed by atoms with Gasteiger partial charge in [-0.25, -0.2) is 9.07 Å². The fraction of sp³-hybridized carbons (Fsp3) is 0.389. The Bertz CT molecular complexity index is 1100. The first kappa shape index (κ1) is 24.2. The number of nitrogens with zero attached hydrogens (tertiary/aromatic N) is 6. The van der Waals surface area contributed by atoms with Crippen LogP contribution >= 0.6 is 11.3 Å². The molecule has 0 saturated carbocycles. The molecule has 0 aliphatic heterocycles. The molecule has 0 spiro atoms. The van der Waals surface area contributed by atoms with Crippen LogP contribution in [0.4, 0.5) is 17.6 Å². The van der Waals surface area contributed by atoms with E-state index in [-0.39, 0.29) is 42.3 Å². The monoisotopic (exact) mass is 486 g/mol. The smallest absolute Gasteiger partial charge is 0.354 e. The molecule has 0 unspecified atom stereocenters. The molecule has 0 bridgehead atoms. The van der Waals surface area contributed by atoms with Crippen LogP contribution in [0.5, 0.6) is 0 Å². The van der Waals surface area contributed by atoms with Crippen molar-refractivity contribution >= 4 is 23.2 Å². The number of alkyl halides is 4. The van der Waals surface area contributed by atoms with Gasteiger partial charge in [0, 0.05) is 19.7 Å². The third-order valence-electron chi connectivity index (χ3n) is 4.30. The molecular formula is C18H18F4N8O2S. The molecule has 0 saturated heterocycles. The van der Waals surface area contributed by atoms with E-state index in [1.807, 2.05) is 0 Å². The SMILES string of the molecule is CNC(=O)c1cn(C[C@H](F)CCc2nnc(C(=O)NCc3ccc(C(F)(F)F)cn3)s2)nn1. The summed E-state index contributed by atoms with van der Waals surface area (Å²) in [6, 6.07) is 2.05. The zero-order valence-corrected chi connectivity index (χ0v) is 18.0. The standard InChI is InChI=1S/C18H18F4N8O2S/c1-23-15(31)13-9-30(29-26-13)8-11(19)3-5-14-27-28-17(33-14)16(32)25-7-12-4-2-10(6-24-12)18(20,21)22/h2,4,6,9,11H,3,5,7-8H2,1H3,(H,23,31)(H,25,32)/t11-/m1/s1. The lowest BCUT2D eigenvalue weighted by Crippen LogP contribution is -2.23. The lowest BCUT2D eigenvalue weighted by molar-refractivity contribution is -0.137. The average molecular weight is 486 g/mol. The van der Waals surface area contributed by atoms with Gasteiger partial charge in [-0.15, -0.1) is 15.3 Å². The quantitative estimate of drug-likeness (QED) is 0.442.